The molecule has 1 N–H and O–H groups in total. The summed E-state index contributed by atoms with van der Waals surface area (Å²) in [4.78, 5) is 3.90. The summed E-state index contributed by atoms with van der Waals surface area (Å²) in [6.07, 6.45) is 4.84. The summed E-state index contributed by atoms with van der Waals surface area (Å²) in [5.41, 5.74) is 1.29. The lowest BCUT2D eigenvalue weighted by Crippen LogP contribution is -2.05. The van der Waals surface area contributed by atoms with Gasteiger partial charge in [-0.05, 0) is 46.5 Å². The molecule has 82 valence electrons. The van der Waals surface area contributed by atoms with Crippen molar-refractivity contribution in [1.82, 2.24) is 14.8 Å². The molecule has 1 aromatic heterocycles. The molecule has 0 amide bonds. The van der Waals surface area contributed by atoms with E-state index >= 15 is 0 Å². The van der Waals surface area contributed by atoms with Crippen LogP contribution in [0.15, 0.2) is 35.3 Å². The van der Waals surface area contributed by atoms with Gasteiger partial charge in [-0.2, -0.15) is 5.10 Å². The Kier molecular flexibility index (Phi) is 2.12. The van der Waals surface area contributed by atoms with Crippen molar-refractivity contribution in [3.63, 3.8) is 0 Å². The number of aromatic nitrogens is 3. The van der Waals surface area contributed by atoms with Crippen molar-refractivity contribution in [3.05, 3.63) is 40.9 Å². The number of hydrogen-bond donors (Lipinski definition) is 1. The van der Waals surface area contributed by atoms with E-state index in [4.69, 9.17) is 0 Å². The zero-order valence-corrected chi connectivity index (χ0v) is 10.1. The molecule has 1 saturated carbocycles. The van der Waals surface area contributed by atoms with Crippen molar-refractivity contribution >= 4 is 15.9 Å². The molecular formula is C11H10BrN3O. The summed E-state index contributed by atoms with van der Waals surface area (Å²) >= 11 is 3.49. The van der Waals surface area contributed by atoms with Crippen molar-refractivity contribution in [2.45, 2.75) is 18.4 Å². The molecular weight excluding hydrogens is 270 g/mol. The smallest absolute Gasteiger partial charge is 0.138 e. The van der Waals surface area contributed by atoms with Gasteiger partial charge in [0.15, 0.2) is 0 Å². The van der Waals surface area contributed by atoms with Crippen molar-refractivity contribution in [2.75, 3.05) is 0 Å². The van der Waals surface area contributed by atoms with Crippen molar-refractivity contribution in [2.24, 2.45) is 0 Å². The van der Waals surface area contributed by atoms with Gasteiger partial charge < -0.3 is 5.11 Å². The predicted molar refractivity (Wildman–Crippen MR) is 62.2 cm³/mol. The second-order valence-corrected chi connectivity index (χ2v) is 4.89. The lowest BCUT2D eigenvalue weighted by atomic mass is 10.1. The Hall–Kier alpha value is -1.20. The number of hydrogen-bond acceptors (Lipinski definition) is 3. The van der Waals surface area contributed by atoms with Crippen LogP contribution in [0.3, 0.4) is 0 Å². The first-order valence-corrected chi connectivity index (χ1v) is 5.86. The lowest BCUT2D eigenvalue weighted by Gasteiger charge is -2.10. The molecule has 0 radical (unpaired) electrons. The van der Waals surface area contributed by atoms with Crippen LogP contribution in [-0.4, -0.2) is 19.9 Å². The highest BCUT2D eigenvalue weighted by Gasteiger charge is 2.42. The van der Waals surface area contributed by atoms with E-state index in [1.807, 2.05) is 18.2 Å². The van der Waals surface area contributed by atoms with E-state index in [2.05, 4.69) is 26.0 Å². The van der Waals surface area contributed by atoms with Gasteiger partial charge in [0, 0.05) is 4.47 Å². The summed E-state index contributed by atoms with van der Waals surface area (Å²) in [5.74, 6) is 0. The highest BCUT2D eigenvalue weighted by atomic mass is 79.9. The van der Waals surface area contributed by atoms with Crippen molar-refractivity contribution in [1.29, 1.82) is 0 Å². The van der Waals surface area contributed by atoms with Crippen LogP contribution in [0.5, 0.6) is 0 Å². The Bertz CT molecular complexity index is 520. The third-order valence-electron chi connectivity index (χ3n) is 2.87. The molecule has 1 fully saturated rings. The number of halogens is 1. The monoisotopic (exact) mass is 279 g/mol. The molecule has 0 unspecified atom stereocenters. The van der Waals surface area contributed by atoms with E-state index in [-0.39, 0.29) is 0 Å². The van der Waals surface area contributed by atoms with E-state index < -0.39 is 5.60 Å². The summed E-state index contributed by atoms with van der Waals surface area (Å²) in [5, 5.41) is 14.1. The van der Waals surface area contributed by atoms with Gasteiger partial charge in [0.25, 0.3) is 0 Å². The highest BCUT2D eigenvalue weighted by molar-refractivity contribution is 9.10. The van der Waals surface area contributed by atoms with Gasteiger partial charge in [-0.15, -0.1) is 0 Å². The summed E-state index contributed by atoms with van der Waals surface area (Å²) in [6.45, 7) is 0. The Balaban J connectivity index is 2.04. The van der Waals surface area contributed by atoms with E-state index in [9.17, 15) is 5.11 Å². The maximum atomic E-state index is 9.99. The fourth-order valence-electron chi connectivity index (χ4n) is 1.72. The predicted octanol–water partition coefficient (Wildman–Crippen LogP) is 2.01. The standard InChI is InChI=1S/C11H10BrN3O/c12-9-5-8(11(16)3-4-11)1-2-10(9)15-7-13-6-14-15/h1-2,5-7,16H,3-4H2. The molecule has 1 aliphatic carbocycles. The van der Waals surface area contributed by atoms with Crippen LogP contribution in [0.1, 0.15) is 18.4 Å². The fourth-order valence-corrected chi connectivity index (χ4v) is 2.28. The first-order chi connectivity index (χ1) is 7.69. The van der Waals surface area contributed by atoms with Crippen LogP contribution in [0.25, 0.3) is 5.69 Å². The molecule has 0 atom stereocenters. The minimum Gasteiger partial charge on any atom is -0.385 e. The second-order valence-electron chi connectivity index (χ2n) is 4.04. The molecule has 1 heterocycles. The first-order valence-electron chi connectivity index (χ1n) is 5.06. The quantitative estimate of drug-likeness (QED) is 0.915. The lowest BCUT2D eigenvalue weighted by molar-refractivity contribution is 0.151. The molecule has 0 bridgehead atoms. The number of aliphatic hydroxyl groups is 1. The molecule has 1 aliphatic rings. The Morgan fingerprint density at radius 2 is 2.19 bits per heavy atom. The van der Waals surface area contributed by atoms with Gasteiger partial charge in [0.2, 0.25) is 0 Å². The van der Waals surface area contributed by atoms with Crippen LogP contribution >= 0.6 is 15.9 Å². The van der Waals surface area contributed by atoms with E-state index in [0.29, 0.717) is 0 Å². The van der Waals surface area contributed by atoms with Crippen molar-refractivity contribution in [3.8, 4) is 5.69 Å². The summed E-state index contributed by atoms with van der Waals surface area (Å²) in [6, 6.07) is 5.82. The van der Waals surface area contributed by atoms with Crippen LogP contribution in [0, 0.1) is 0 Å². The van der Waals surface area contributed by atoms with Crippen LogP contribution in [0.2, 0.25) is 0 Å². The molecule has 0 spiro atoms. The van der Waals surface area contributed by atoms with Gasteiger partial charge in [0.1, 0.15) is 12.7 Å². The zero-order chi connectivity index (χ0) is 11.2. The molecule has 2 aromatic rings. The van der Waals surface area contributed by atoms with Crippen molar-refractivity contribution < 1.29 is 5.11 Å². The van der Waals surface area contributed by atoms with Crippen LogP contribution in [-0.2, 0) is 5.60 Å². The summed E-state index contributed by atoms with van der Waals surface area (Å²) in [7, 11) is 0. The number of nitrogens with zero attached hydrogens (tertiary/aromatic N) is 3. The maximum Gasteiger partial charge on any atom is 0.138 e. The molecule has 4 nitrogen and oxygen atoms in total. The van der Waals surface area contributed by atoms with E-state index in [1.54, 1.807) is 11.0 Å². The highest BCUT2D eigenvalue weighted by Crippen LogP contribution is 2.46. The normalized spacial score (nSPS) is 17.4. The molecule has 0 aliphatic heterocycles. The Morgan fingerprint density at radius 1 is 1.38 bits per heavy atom. The van der Waals surface area contributed by atoms with Gasteiger partial charge in [0.05, 0.1) is 11.3 Å². The van der Waals surface area contributed by atoms with Crippen LogP contribution < -0.4 is 0 Å². The first kappa shape index (κ1) is 9.99. The minimum atomic E-state index is -0.594. The maximum absolute atomic E-state index is 9.99. The zero-order valence-electron chi connectivity index (χ0n) is 8.47. The van der Waals surface area contributed by atoms with E-state index in [0.717, 1.165) is 28.6 Å². The third kappa shape index (κ3) is 1.56. The Labute approximate surface area is 101 Å². The van der Waals surface area contributed by atoms with Gasteiger partial charge >= 0.3 is 0 Å². The Morgan fingerprint density at radius 3 is 2.75 bits per heavy atom. The molecule has 0 saturated heterocycles. The SMILES string of the molecule is OC1(c2ccc(-n3cncn3)c(Br)c2)CC1. The van der Waals surface area contributed by atoms with Gasteiger partial charge in [-0.25, -0.2) is 9.67 Å². The van der Waals surface area contributed by atoms with Gasteiger partial charge in [-0.3, -0.25) is 0 Å². The largest absolute Gasteiger partial charge is 0.385 e. The second kappa shape index (κ2) is 3.40. The fraction of sp³-hybridized carbons (Fsp3) is 0.273. The summed E-state index contributed by atoms with van der Waals surface area (Å²) < 4.78 is 2.60. The average molecular weight is 280 g/mol. The molecule has 16 heavy (non-hydrogen) atoms. The van der Waals surface area contributed by atoms with E-state index in [1.165, 1.54) is 6.33 Å². The van der Waals surface area contributed by atoms with Gasteiger partial charge in [-0.1, -0.05) is 6.07 Å². The average Bonchev–Trinajstić information content (AvgIpc) is 2.82. The molecule has 5 heteroatoms. The number of benzene rings is 1. The topological polar surface area (TPSA) is 50.9 Å². The molecule has 3 rings (SSSR count). The number of rotatable bonds is 2. The molecule has 1 aromatic carbocycles. The third-order valence-corrected chi connectivity index (χ3v) is 3.51. The minimum absolute atomic E-state index is 0.594. The van der Waals surface area contributed by atoms with Crippen LogP contribution in [0.4, 0.5) is 0 Å².